The zero-order chi connectivity index (χ0) is 16.1. The molecule has 1 N–H and O–H groups in total. The molecule has 0 aromatic rings. The Balaban J connectivity index is 3.11. The Morgan fingerprint density at radius 2 is 1.95 bits per heavy atom. The number of ether oxygens (including phenoxy) is 1. The Kier molecular flexibility index (Phi) is 6.19. The number of carbonyl (C=O) groups is 2. The lowest BCUT2D eigenvalue weighted by molar-refractivity contribution is -0.173. The Morgan fingerprint density at radius 3 is 2.38 bits per heavy atom. The summed E-state index contributed by atoms with van der Waals surface area (Å²) in [5.41, 5.74) is -1.73. The highest BCUT2D eigenvalue weighted by atomic mass is 32.2. The number of aliphatic carboxylic acids is 1. The molecule has 122 valence electrons. The monoisotopic (exact) mass is 320 g/mol. The van der Waals surface area contributed by atoms with E-state index in [9.17, 15) is 23.1 Å². The number of hydrogen-bond donors (Lipinski definition) is 1. The molecule has 0 amide bonds. The second-order valence-corrected chi connectivity index (χ2v) is 7.78. The number of sulfone groups is 1. The van der Waals surface area contributed by atoms with Crippen LogP contribution in [0.5, 0.6) is 0 Å². The summed E-state index contributed by atoms with van der Waals surface area (Å²) < 4.78 is 28.3. The van der Waals surface area contributed by atoms with Crippen molar-refractivity contribution in [3.8, 4) is 0 Å². The van der Waals surface area contributed by atoms with E-state index in [1.54, 1.807) is 6.92 Å². The molecule has 1 saturated heterocycles. The van der Waals surface area contributed by atoms with Gasteiger partial charge in [0, 0.05) is 5.92 Å². The third kappa shape index (κ3) is 3.96. The predicted octanol–water partition coefficient (Wildman–Crippen LogP) is 1.64. The van der Waals surface area contributed by atoms with Crippen LogP contribution in [-0.4, -0.2) is 43.6 Å². The van der Waals surface area contributed by atoms with Gasteiger partial charge in [-0.05, 0) is 19.8 Å². The predicted molar refractivity (Wildman–Crippen MR) is 77.6 cm³/mol. The van der Waals surface area contributed by atoms with Gasteiger partial charge in [-0.2, -0.15) is 0 Å². The molecule has 0 spiro atoms. The molecular weight excluding hydrogens is 296 g/mol. The van der Waals surface area contributed by atoms with Crippen LogP contribution in [0.15, 0.2) is 0 Å². The fraction of sp³-hybridized carbons (Fsp3) is 0.857. The van der Waals surface area contributed by atoms with Gasteiger partial charge in [0.25, 0.3) is 0 Å². The second kappa shape index (κ2) is 7.24. The van der Waals surface area contributed by atoms with Crippen LogP contribution in [0.2, 0.25) is 0 Å². The van der Waals surface area contributed by atoms with Crippen LogP contribution in [0.4, 0.5) is 0 Å². The minimum Gasteiger partial charge on any atom is -0.480 e. The van der Waals surface area contributed by atoms with Crippen molar-refractivity contribution in [2.75, 3.05) is 18.1 Å². The number of carboxylic acid groups (broad SMARTS) is 1. The molecule has 0 saturated carbocycles. The quantitative estimate of drug-likeness (QED) is 0.415. The van der Waals surface area contributed by atoms with Crippen molar-refractivity contribution in [1.29, 1.82) is 0 Å². The maximum Gasteiger partial charge on any atom is 0.323 e. The molecule has 6 nitrogen and oxygen atoms in total. The molecule has 1 aliphatic heterocycles. The van der Waals surface area contributed by atoms with Crippen molar-refractivity contribution in [1.82, 2.24) is 0 Å². The lowest BCUT2D eigenvalue weighted by Gasteiger charge is -2.32. The molecule has 0 aromatic carbocycles. The van der Waals surface area contributed by atoms with Gasteiger partial charge < -0.3 is 9.84 Å². The van der Waals surface area contributed by atoms with Crippen molar-refractivity contribution >= 4 is 21.8 Å². The van der Waals surface area contributed by atoms with Gasteiger partial charge >= 0.3 is 11.9 Å². The van der Waals surface area contributed by atoms with Crippen LogP contribution in [0, 0.1) is 11.3 Å². The van der Waals surface area contributed by atoms with E-state index < -0.39 is 33.1 Å². The Hall–Kier alpha value is -1.11. The fourth-order valence-corrected chi connectivity index (χ4v) is 4.81. The smallest absolute Gasteiger partial charge is 0.323 e. The van der Waals surface area contributed by atoms with E-state index in [4.69, 9.17) is 4.74 Å². The van der Waals surface area contributed by atoms with Crippen molar-refractivity contribution < 1.29 is 27.9 Å². The minimum absolute atomic E-state index is 0.0557. The average Bonchev–Trinajstić information content (AvgIpc) is 2.75. The molecule has 7 heteroatoms. The van der Waals surface area contributed by atoms with Gasteiger partial charge in [0.05, 0.1) is 18.1 Å². The van der Waals surface area contributed by atoms with Gasteiger partial charge in [-0.1, -0.05) is 26.2 Å². The van der Waals surface area contributed by atoms with Gasteiger partial charge in [-0.25, -0.2) is 8.42 Å². The molecule has 1 fully saturated rings. The summed E-state index contributed by atoms with van der Waals surface area (Å²) in [6.07, 6.45) is 2.60. The van der Waals surface area contributed by atoms with Crippen molar-refractivity contribution in [3.05, 3.63) is 0 Å². The lowest BCUT2D eigenvalue weighted by Crippen LogP contribution is -2.47. The SMILES string of the molecule is CCCCCC(C(=O)O)(C(=O)OCC)C1CCS(=O)(=O)C1. The molecular formula is C14H24O6S. The van der Waals surface area contributed by atoms with Gasteiger partial charge in [-0.3, -0.25) is 9.59 Å². The highest BCUT2D eigenvalue weighted by Gasteiger charge is 2.56. The van der Waals surface area contributed by atoms with E-state index in [2.05, 4.69) is 0 Å². The van der Waals surface area contributed by atoms with Crippen molar-refractivity contribution in [3.63, 3.8) is 0 Å². The Bertz CT molecular complexity index is 484. The maximum absolute atomic E-state index is 12.3. The summed E-state index contributed by atoms with van der Waals surface area (Å²) >= 11 is 0. The molecule has 1 rings (SSSR count). The molecule has 0 aromatic heterocycles. The first-order valence-corrected chi connectivity index (χ1v) is 9.23. The topological polar surface area (TPSA) is 97.7 Å². The number of unbranched alkanes of at least 4 members (excludes halogenated alkanes) is 2. The molecule has 0 aliphatic carbocycles. The third-order valence-corrected chi connectivity index (χ3v) is 5.89. The molecule has 1 heterocycles. The van der Waals surface area contributed by atoms with E-state index in [0.29, 0.717) is 6.42 Å². The summed E-state index contributed by atoms with van der Waals surface area (Å²) in [5, 5.41) is 9.66. The highest BCUT2D eigenvalue weighted by Crippen LogP contribution is 2.42. The van der Waals surface area contributed by atoms with E-state index in [-0.39, 0.29) is 31.0 Å². The van der Waals surface area contributed by atoms with Gasteiger partial charge in [0.1, 0.15) is 0 Å². The van der Waals surface area contributed by atoms with Crippen LogP contribution in [0.3, 0.4) is 0 Å². The zero-order valence-corrected chi connectivity index (χ0v) is 13.4. The number of hydrogen-bond acceptors (Lipinski definition) is 5. The molecule has 2 unspecified atom stereocenters. The highest BCUT2D eigenvalue weighted by molar-refractivity contribution is 7.91. The lowest BCUT2D eigenvalue weighted by atomic mass is 9.71. The first kappa shape index (κ1) is 17.9. The third-order valence-electron chi connectivity index (χ3n) is 4.13. The van der Waals surface area contributed by atoms with E-state index in [1.165, 1.54) is 0 Å². The van der Waals surface area contributed by atoms with Crippen molar-refractivity contribution in [2.24, 2.45) is 11.3 Å². The first-order valence-electron chi connectivity index (χ1n) is 7.41. The van der Waals surface area contributed by atoms with Crippen molar-refractivity contribution in [2.45, 2.75) is 46.0 Å². The molecule has 21 heavy (non-hydrogen) atoms. The summed E-state index contributed by atoms with van der Waals surface area (Å²) in [5.74, 6) is -3.06. The second-order valence-electron chi connectivity index (χ2n) is 5.55. The summed E-state index contributed by atoms with van der Waals surface area (Å²) in [6, 6.07) is 0. The Labute approximate surface area is 125 Å². The van der Waals surface area contributed by atoms with E-state index >= 15 is 0 Å². The number of carbonyl (C=O) groups excluding carboxylic acids is 1. The van der Waals surface area contributed by atoms with E-state index in [0.717, 1.165) is 12.8 Å². The van der Waals surface area contributed by atoms with E-state index in [1.807, 2.05) is 6.92 Å². The first-order chi connectivity index (χ1) is 9.80. The number of carboxylic acids is 1. The van der Waals surface area contributed by atoms with Gasteiger partial charge in [0.2, 0.25) is 0 Å². The van der Waals surface area contributed by atoms with Crippen LogP contribution in [-0.2, 0) is 24.2 Å². The molecule has 2 atom stereocenters. The summed E-state index contributed by atoms with van der Waals surface area (Å²) in [4.78, 5) is 24.1. The molecule has 0 bridgehead atoms. The largest absolute Gasteiger partial charge is 0.480 e. The van der Waals surface area contributed by atoms with Gasteiger partial charge in [0.15, 0.2) is 15.3 Å². The van der Waals surface area contributed by atoms with Crippen LogP contribution < -0.4 is 0 Å². The normalized spacial score (nSPS) is 23.4. The molecule has 0 radical (unpaired) electrons. The number of rotatable bonds is 8. The standard InChI is InChI=1S/C14H24O6S/c1-3-5-6-8-14(12(15)16,13(17)20-4-2)11-7-9-21(18,19)10-11/h11H,3-10H2,1-2H3,(H,15,16). The minimum atomic E-state index is -3.26. The van der Waals surface area contributed by atoms with Crippen LogP contribution in [0.1, 0.15) is 46.0 Å². The van der Waals surface area contributed by atoms with Crippen LogP contribution in [0.25, 0.3) is 0 Å². The fourth-order valence-electron chi connectivity index (χ4n) is 2.94. The maximum atomic E-state index is 12.3. The molecule has 1 aliphatic rings. The van der Waals surface area contributed by atoms with Crippen LogP contribution >= 0.6 is 0 Å². The van der Waals surface area contributed by atoms with Gasteiger partial charge in [-0.15, -0.1) is 0 Å². The number of esters is 1. The average molecular weight is 320 g/mol. The zero-order valence-electron chi connectivity index (χ0n) is 12.6. The summed E-state index contributed by atoms with van der Waals surface area (Å²) in [6.45, 7) is 3.68. The Morgan fingerprint density at radius 1 is 1.29 bits per heavy atom. The summed E-state index contributed by atoms with van der Waals surface area (Å²) in [7, 11) is -3.26.